The molecule has 0 saturated carbocycles. The highest BCUT2D eigenvalue weighted by Gasteiger charge is 2.54. The largest absolute Gasteiger partial charge is 0.310 e. The molecule has 64 heavy (non-hydrogen) atoms. The highest BCUT2D eigenvalue weighted by atomic mass is 15.1. The van der Waals surface area contributed by atoms with Crippen molar-refractivity contribution < 1.29 is 0 Å². The van der Waals surface area contributed by atoms with Gasteiger partial charge in [-0.25, -0.2) is 0 Å². The molecule has 0 fully saturated rings. The molecule has 2 aromatic heterocycles. The van der Waals surface area contributed by atoms with Crippen LogP contribution in [0.2, 0.25) is 0 Å². The van der Waals surface area contributed by atoms with Gasteiger partial charge in [0.2, 0.25) is 0 Å². The second kappa shape index (κ2) is 12.2. The van der Waals surface area contributed by atoms with Crippen molar-refractivity contribution in [1.29, 1.82) is 0 Å². The van der Waals surface area contributed by atoms with Crippen LogP contribution in [0, 0.1) is 6.92 Å². The van der Waals surface area contributed by atoms with Gasteiger partial charge in [-0.15, -0.1) is 0 Å². The molecule has 2 aliphatic heterocycles. The Morgan fingerprint density at radius 1 is 0.375 bits per heavy atom. The van der Waals surface area contributed by atoms with Crippen molar-refractivity contribution >= 4 is 44.9 Å². The van der Waals surface area contributed by atoms with E-state index in [9.17, 15) is 0 Å². The Morgan fingerprint density at radius 3 is 1.12 bits per heavy atom. The first-order chi connectivity index (χ1) is 31.7. The van der Waals surface area contributed by atoms with Crippen LogP contribution in [0.4, 0.5) is 0 Å². The second-order valence-corrected chi connectivity index (χ2v) is 18.3. The summed E-state index contributed by atoms with van der Waals surface area (Å²) in [7, 11) is 0. The van der Waals surface area contributed by atoms with Gasteiger partial charge in [0.05, 0.1) is 22.2 Å². The number of benzene rings is 9. The molecule has 0 atom stereocenters. The van der Waals surface area contributed by atoms with E-state index >= 15 is 0 Å². The van der Waals surface area contributed by atoms with Crippen LogP contribution in [0.5, 0.6) is 0 Å². The third-order valence-electron chi connectivity index (χ3n) is 15.5. The average Bonchev–Trinajstić information content (AvgIpc) is 4.07. The quantitative estimate of drug-likeness (QED) is 0.157. The summed E-state index contributed by atoms with van der Waals surface area (Å²) in [6, 6.07) is 82.8. The van der Waals surface area contributed by atoms with Crippen molar-refractivity contribution in [2.45, 2.75) is 17.8 Å². The number of fused-ring (bicyclic) bond motifs is 14. The van der Waals surface area contributed by atoms with Gasteiger partial charge in [0.25, 0.3) is 6.71 Å². The summed E-state index contributed by atoms with van der Waals surface area (Å²) in [4.78, 5) is 0. The Bertz CT molecular complexity index is 3460. The summed E-state index contributed by atoms with van der Waals surface area (Å²) in [5, 5.41) is 2.64. The summed E-state index contributed by atoms with van der Waals surface area (Å²) in [6.07, 6.45) is 0. The molecule has 3 heteroatoms. The fourth-order valence-corrected chi connectivity index (χ4v) is 13.4. The third kappa shape index (κ3) is 3.89. The van der Waals surface area contributed by atoms with Gasteiger partial charge >= 0.3 is 0 Å². The molecule has 2 nitrogen and oxygen atoms in total. The Balaban J connectivity index is 1.12. The van der Waals surface area contributed by atoms with Crippen molar-refractivity contribution in [3.63, 3.8) is 0 Å². The minimum Gasteiger partial charge on any atom is -0.310 e. The number of hydrogen-bond donors (Lipinski definition) is 0. The highest BCUT2D eigenvalue weighted by molar-refractivity contribution is 7.00. The van der Waals surface area contributed by atoms with Gasteiger partial charge in [-0.1, -0.05) is 206 Å². The lowest BCUT2D eigenvalue weighted by Crippen LogP contribution is -2.59. The molecule has 0 spiro atoms. The minimum absolute atomic E-state index is 0.0410. The molecular weight excluding hydrogens is 771 g/mol. The smallest absolute Gasteiger partial charge is 0.252 e. The van der Waals surface area contributed by atoms with E-state index in [-0.39, 0.29) is 6.71 Å². The summed E-state index contributed by atoms with van der Waals surface area (Å²) in [5.74, 6) is 0. The van der Waals surface area contributed by atoms with E-state index < -0.39 is 10.8 Å². The fraction of sp³-hybridized carbons (Fsp3) is 0.0492. The lowest BCUT2D eigenvalue weighted by molar-refractivity contribution is 0.775. The third-order valence-corrected chi connectivity index (χ3v) is 15.5. The lowest BCUT2D eigenvalue weighted by Gasteiger charge is -2.35. The number of para-hydroxylation sites is 2. The summed E-state index contributed by atoms with van der Waals surface area (Å²) in [6.45, 7) is 2.34. The zero-order valence-electron chi connectivity index (χ0n) is 35.3. The molecule has 4 heterocycles. The summed E-state index contributed by atoms with van der Waals surface area (Å²) >= 11 is 0. The molecule has 11 aromatic rings. The van der Waals surface area contributed by atoms with Crippen LogP contribution in [0.3, 0.4) is 0 Å². The van der Waals surface area contributed by atoms with Crippen LogP contribution < -0.4 is 16.4 Å². The molecule has 0 unspecified atom stereocenters. The van der Waals surface area contributed by atoms with Crippen LogP contribution in [0.1, 0.15) is 50.1 Å². The SMILES string of the molecule is Cc1cc2c3c(c1)-n1c4c(c5cccc(c51)B3c1cccc3c5c(n-2c13)-c1ccccc1C5(c1ccccc1)c1ccccc1)C(c1ccccc1)(c1ccccc1)c1ccccc1-4. The first kappa shape index (κ1) is 34.7. The van der Waals surface area contributed by atoms with Crippen LogP contribution >= 0.6 is 0 Å². The zero-order chi connectivity index (χ0) is 41.9. The van der Waals surface area contributed by atoms with Crippen LogP contribution in [0.25, 0.3) is 55.7 Å². The number of hydrogen-bond acceptors (Lipinski definition) is 0. The topological polar surface area (TPSA) is 9.86 Å². The second-order valence-electron chi connectivity index (χ2n) is 18.3. The first-order valence-corrected chi connectivity index (χ1v) is 22.6. The van der Waals surface area contributed by atoms with E-state index in [1.54, 1.807) is 0 Å². The normalized spacial score (nSPS) is 14.9. The summed E-state index contributed by atoms with van der Waals surface area (Å²) < 4.78 is 5.38. The monoisotopic (exact) mass is 810 g/mol. The van der Waals surface area contributed by atoms with E-state index in [1.165, 1.54) is 122 Å². The van der Waals surface area contributed by atoms with E-state index in [0.717, 1.165) is 0 Å². The van der Waals surface area contributed by atoms with Gasteiger partial charge in [0, 0.05) is 55.4 Å². The van der Waals surface area contributed by atoms with Crippen molar-refractivity contribution in [3.8, 4) is 33.9 Å². The molecule has 296 valence electrons. The Kier molecular flexibility index (Phi) is 6.60. The standard InChI is InChI=1S/C61H39BN2/c1-38-36-51-55-52(37-38)64-57-46(54-59(64)44-29-15-17-33-48(44)61(54,41-24-10-4-11-25-41)42-26-12-5-13-27-42)31-19-35-50(57)62(55)49-34-18-30-45-53-58(63(51)56(45)49)43-28-14-16-32-47(43)60(53,39-20-6-2-7-21-39)40-22-8-3-9-23-40/h2-37H,1H3. The predicted molar refractivity (Wildman–Crippen MR) is 264 cm³/mol. The van der Waals surface area contributed by atoms with Gasteiger partial charge in [-0.2, -0.15) is 0 Å². The number of aromatic nitrogens is 2. The minimum atomic E-state index is -0.516. The zero-order valence-corrected chi connectivity index (χ0v) is 35.3. The van der Waals surface area contributed by atoms with Gasteiger partial charge in [0.15, 0.2) is 0 Å². The van der Waals surface area contributed by atoms with Crippen molar-refractivity contribution in [1.82, 2.24) is 9.13 Å². The molecule has 0 saturated heterocycles. The number of nitrogens with zero attached hydrogens (tertiary/aromatic N) is 2. The Morgan fingerprint density at radius 2 is 0.734 bits per heavy atom. The maximum atomic E-state index is 2.69. The number of aryl methyl sites for hydroxylation is 1. The van der Waals surface area contributed by atoms with Crippen molar-refractivity contribution in [3.05, 3.63) is 268 Å². The Labute approximate surface area is 372 Å². The first-order valence-electron chi connectivity index (χ1n) is 22.6. The molecule has 0 amide bonds. The lowest BCUT2D eigenvalue weighted by atomic mass is 9.34. The maximum Gasteiger partial charge on any atom is 0.252 e. The van der Waals surface area contributed by atoms with Gasteiger partial charge < -0.3 is 9.13 Å². The molecule has 0 bridgehead atoms. The van der Waals surface area contributed by atoms with Gasteiger partial charge in [0.1, 0.15) is 0 Å². The predicted octanol–water partition coefficient (Wildman–Crippen LogP) is 11.8. The fourth-order valence-electron chi connectivity index (χ4n) is 13.4. The maximum absolute atomic E-state index is 2.69. The molecule has 2 aliphatic carbocycles. The molecule has 0 radical (unpaired) electrons. The molecule has 0 N–H and O–H groups in total. The van der Waals surface area contributed by atoms with E-state index in [2.05, 4.69) is 234 Å². The number of rotatable bonds is 4. The van der Waals surface area contributed by atoms with Crippen LogP contribution in [0.15, 0.2) is 218 Å². The molecular formula is C61H39BN2. The highest BCUT2D eigenvalue weighted by Crippen LogP contribution is 2.62. The average molecular weight is 811 g/mol. The molecule has 9 aromatic carbocycles. The van der Waals surface area contributed by atoms with Crippen molar-refractivity contribution in [2.24, 2.45) is 0 Å². The summed E-state index contributed by atoms with van der Waals surface area (Å²) in [5.41, 5.74) is 25.3. The molecule has 15 rings (SSSR count). The molecule has 4 aliphatic rings. The van der Waals surface area contributed by atoms with Gasteiger partial charge in [-0.05, 0) is 74.4 Å². The van der Waals surface area contributed by atoms with Gasteiger partial charge in [-0.3, -0.25) is 0 Å². The van der Waals surface area contributed by atoms with Crippen LogP contribution in [-0.4, -0.2) is 15.8 Å². The van der Waals surface area contributed by atoms with Crippen LogP contribution in [-0.2, 0) is 10.8 Å². The van der Waals surface area contributed by atoms with E-state index in [0.29, 0.717) is 0 Å². The Hall–Kier alpha value is -7.88. The van der Waals surface area contributed by atoms with E-state index in [1.807, 2.05) is 0 Å². The van der Waals surface area contributed by atoms with Crippen molar-refractivity contribution in [2.75, 3.05) is 0 Å². The van der Waals surface area contributed by atoms with E-state index in [4.69, 9.17) is 0 Å².